The predicted octanol–water partition coefficient (Wildman–Crippen LogP) is 16.6. The molecule has 0 spiro atoms. The number of carbonyl (C=O) groups is 4. The molecule has 77 heavy (non-hydrogen) atoms. The number of unbranched alkanes of at least 4 members (excludes halogenated alkanes) is 32. The third kappa shape index (κ3) is 43.2. The number of carboxylic acid groups (broad SMARTS) is 1. The molecule has 1 fully saturated rings. The van der Waals surface area contributed by atoms with Gasteiger partial charge in [0.25, 0.3) is 0 Å². The summed E-state index contributed by atoms with van der Waals surface area (Å²) in [6, 6.07) is 0. The van der Waals surface area contributed by atoms with E-state index in [-0.39, 0.29) is 25.9 Å². The molecule has 3 N–H and O–H groups in total. The van der Waals surface area contributed by atoms with Crippen molar-refractivity contribution >= 4 is 23.9 Å². The van der Waals surface area contributed by atoms with Crippen LogP contribution in [0.3, 0.4) is 0 Å². The average molecular weight is 1090 g/mol. The van der Waals surface area contributed by atoms with Crippen molar-refractivity contribution in [2.45, 2.75) is 327 Å². The molecule has 1 rings (SSSR count). The summed E-state index contributed by atoms with van der Waals surface area (Å²) in [5, 5.41) is 31.5. The number of carboxylic acids is 1. The van der Waals surface area contributed by atoms with Crippen LogP contribution in [0.25, 0.3) is 0 Å². The normalized spacial score (nSPS) is 18.3. The van der Waals surface area contributed by atoms with Gasteiger partial charge in [0.2, 0.25) is 0 Å². The van der Waals surface area contributed by atoms with Crippen LogP contribution in [0, 0.1) is 0 Å². The molecule has 12 heteroatoms. The highest BCUT2D eigenvalue weighted by Gasteiger charge is 2.50. The van der Waals surface area contributed by atoms with Crippen molar-refractivity contribution in [2.24, 2.45) is 0 Å². The van der Waals surface area contributed by atoms with Crippen molar-refractivity contribution in [3.05, 3.63) is 48.6 Å². The second kappa shape index (κ2) is 53.3. The number of allylic oxidation sites excluding steroid dienone is 8. The summed E-state index contributed by atoms with van der Waals surface area (Å²) in [4.78, 5) is 51.2. The third-order valence-electron chi connectivity index (χ3n) is 14.4. The van der Waals surface area contributed by atoms with E-state index in [9.17, 15) is 34.5 Å². The van der Waals surface area contributed by atoms with E-state index in [0.29, 0.717) is 19.3 Å². The van der Waals surface area contributed by atoms with Crippen LogP contribution in [0.1, 0.15) is 290 Å². The van der Waals surface area contributed by atoms with Crippen molar-refractivity contribution < 1.29 is 58.2 Å². The van der Waals surface area contributed by atoms with Crippen LogP contribution in [0.4, 0.5) is 0 Å². The summed E-state index contributed by atoms with van der Waals surface area (Å²) in [6.45, 7) is 5.88. The summed E-state index contributed by atoms with van der Waals surface area (Å²) in [7, 11) is 0. The second-order valence-electron chi connectivity index (χ2n) is 21.7. The lowest BCUT2D eigenvalue weighted by Crippen LogP contribution is -2.61. The first-order valence-electron chi connectivity index (χ1n) is 31.6. The number of carbonyl (C=O) groups excluding carboxylic acids is 3. The highest BCUT2D eigenvalue weighted by molar-refractivity contribution is 5.74. The smallest absolute Gasteiger partial charge is 0.335 e. The Morgan fingerprint density at radius 1 is 0.442 bits per heavy atom. The van der Waals surface area contributed by atoms with Crippen LogP contribution in [0.5, 0.6) is 0 Å². The minimum atomic E-state index is -1.90. The lowest BCUT2D eigenvalue weighted by Gasteiger charge is -2.40. The van der Waals surface area contributed by atoms with Gasteiger partial charge in [0.15, 0.2) is 24.6 Å². The number of aliphatic hydroxyl groups excluding tert-OH is 2. The van der Waals surface area contributed by atoms with Crippen LogP contribution in [0.15, 0.2) is 48.6 Å². The number of esters is 3. The van der Waals surface area contributed by atoms with E-state index in [1.54, 1.807) is 0 Å². The minimum absolute atomic E-state index is 0.0611. The fraction of sp³-hybridized carbons (Fsp3) is 0.815. The van der Waals surface area contributed by atoms with E-state index in [0.717, 1.165) is 96.3 Å². The van der Waals surface area contributed by atoms with Gasteiger partial charge in [0.05, 0.1) is 6.61 Å². The van der Waals surface area contributed by atoms with Crippen LogP contribution >= 0.6 is 0 Å². The molecule has 0 aromatic heterocycles. The lowest BCUT2D eigenvalue weighted by molar-refractivity contribution is -0.301. The first-order valence-corrected chi connectivity index (χ1v) is 31.6. The van der Waals surface area contributed by atoms with Crippen molar-refractivity contribution in [3.8, 4) is 0 Å². The number of hydrogen-bond donors (Lipinski definition) is 3. The number of aliphatic hydroxyl groups is 2. The van der Waals surface area contributed by atoms with Crippen molar-refractivity contribution in [1.29, 1.82) is 0 Å². The van der Waals surface area contributed by atoms with E-state index in [2.05, 4.69) is 69.4 Å². The summed E-state index contributed by atoms with van der Waals surface area (Å²) >= 11 is 0. The van der Waals surface area contributed by atoms with Crippen LogP contribution in [0.2, 0.25) is 0 Å². The molecule has 0 bridgehead atoms. The van der Waals surface area contributed by atoms with E-state index in [1.807, 2.05) is 0 Å². The molecule has 1 saturated heterocycles. The number of aliphatic carboxylic acids is 1. The van der Waals surface area contributed by atoms with Gasteiger partial charge < -0.3 is 39.0 Å². The molecule has 1 aliphatic heterocycles. The molecule has 0 amide bonds. The molecule has 0 aliphatic carbocycles. The van der Waals surface area contributed by atoms with Crippen molar-refractivity contribution in [3.63, 3.8) is 0 Å². The number of hydrogen-bond acceptors (Lipinski definition) is 11. The molecule has 1 aliphatic rings. The molecule has 12 nitrogen and oxygen atoms in total. The molecule has 446 valence electrons. The summed E-state index contributed by atoms with van der Waals surface area (Å²) in [5.41, 5.74) is 0. The number of rotatable bonds is 54. The summed E-state index contributed by atoms with van der Waals surface area (Å²) in [6.07, 6.45) is 52.3. The van der Waals surface area contributed by atoms with E-state index < -0.39 is 67.3 Å². The molecule has 0 radical (unpaired) electrons. The Labute approximate surface area is 469 Å². The Morgan fingerprint density at radius 2 is 0.818 bits per heavy atom. The molecule has 6 atom stereocenters. The molecule has 0 aromatic carbocycles. The Morgan fingerprint density at radius 3 is 1.25 bits per heavy atom. The molecule has 1 heterocycles. The first kappa shape index (κ1) is 71.7. The van der Waals surface area contributed by atoms with Gasteiger partial charge in [-0.05, 0) is 57.8 Å². The van der Waals surface area contributed by atoms with Gasteiger partial charge in [0, 0.05) is 19.3 Å². The number of ether oxygens (including phenoxy) is 5. The second-order valence-corrected chi connectivity index (χ2v) is 21.7. The summed E-state index contributed by atoms with van der Waals surface area (Å²) in [5.74, 6) is -3.13. The fourth-order valence-corrected chi connectivity index (χ4v) is 9.60. The molecule has 6 unspecified atom stereocenters. The van der Waals surface area contributed by atoms with Crippen molar-refractivity contribution in [2.75, 3.05) is 13.2 Å². The zero-order valence-electron chi connectivity index (χ0n) is 49.2. The zero-order chi connectivity index (χ0) is 56.1. The topological polar surface area (TPSA) is 175 Å². The van der Waals surface area contributed by atoms with Gasteiger partial charge in [-0.15, -0.1) is 0 Å². The van der Waals surface area contributed by atoms with Gasteiger partial charge in [-0.25, -0.2) is 4.79 Å². The quantitative estimate of drug-likeness (QED) is 0.0228. The maximum atomic E-state index is 13.2. The van der Waals surface area contributed by atoms with Crippen LogP contribution < -0.4 is 0 Å². The Bertz CT molecular complexity index is 1520. The monoisotopic (exact) mass is 1090 g/mol. The van der Waals surface area contributed by atoms with Crippen molar-refractivity contribution in [1.82, 2.24) is 0 Å². The third-order valence-corrected chi connectivity index (χ3v) is 14.4. The summed E-state index contributed by atoms with van der Waals surface area (Å²) < 4.78 is 28.5. The first-order chi connectivity index (χ1) is 37.6. The lowest BCUT2D eigenvalue weighted by atomic mass is 9.98. The minimum Gasteiger partial charge on any atom is -0.479 e. The van der Waals surface area contributed by atoms with Gasteiger partial charge in [-0.1, -0.05) is 262 Å². The van der Waals surface area contributed by atoms with Crippen LogP contribution in [-0.4, -0.2) is 89.2 Å². The predicted molar refractivity (Wildman–Crippen MR) is 312 cm³/mol. The van der Waals surface area contributed by atoms with Gasteiger partial charge in [-0.2, -0.15) is 0 Å². The maximum Gasteiger partial charge on any atom is 0.335 e. The Kier molecular flexibility index (Phi) is 49.7. The van der Waals surface area contributed by atoms with Gasteiger partial charge in [0.1, 0.15) is 18.8 Å². The maximum absolute atomic E-state index is 13.2. The SMILES string of the molecule is CC/C=C\C/C=C\C/C=C\C/C=C\CCCCCCC(=O)OC(COC(=O)CCCCCCCCCCCCCCCCCCCCC)COC1OC(C(=O)O)C(O)C(O)C1OC(=O)CCCCCCCCCCCCC. The van der Waals surface area contributed by atoms with Gasteiger partial charge >= 0.3 is 23.9 Å². The zero-order valence-corrected chi connectivity index (χ0v) is 49.2. The average Bonchev–Trinajstić information content (AvgIpc) is 3.42. The molecule has 0 aromatic rings. The largest absolute Gasteiger partial charge is 0.479 e. The van der Waals surface area contributed by atoms with Crippen LogP contribution in [-0.2, 0) is 42.9 Å². The molecule has 0 saturated carbocycles. The van der Waals surface area contributed by atoms with E-state index in [4.69, 9.17) is 23.7 Å². The van der Waals surface area contributed by atoms with Gasteiger partial charge in [-0.3, -0.25) is 14.4 Å². The van der Waals surface area contributed by atoms with E-state index >= 15 is 0 Å². The Hall–Kier alpha value is -3.32. The molecular formula is C65H114O12. The highest BCUT2D eigenvalue weighted by Crippen LogP contribution is 2.27. The Balaban J connectivity index is 2.65. The standard InChI is InChI=1S/C65H114O12/c1-4-7-10-13-16-19-22-24-26-28-29-31-32-34-37-39-42-45-48-51-57(66)73-54-56(75-58(67)52-49-46-43-41-38-35-33-30-27-25-23-20-17-14-11-8-5-2)55-74-65-63(61(70)60(69)62(77-65)64(71)72)76-59(68)53-50-47-44-40-36-21-18-15-12-9-6-3/h8,11,17,20,25,27,33,35,56,60-63,65,69-70H,4-7,9-10,12-16,18-19,21-24,26,28-32,34,36-55H2,1-3H3,(H,71,72)/b11-8-,20-17-,27-25-,35-33-. The van der Waals surface area contributed by atoms with E-state index in [1.165, 1.54) is 135 Å². The highest BCUT2D eigenvalue weighted by atomic mass is 16.7. The molecular weight excluding hydrogens is 973 g/mol. The fourth-order valence-electron chi connectivity index (χ4n) is 9.60.